The molecule has 16 heavy (non-hydrogen) atoms. The van der Waals surface area contributed by atoms with E-state index in [4.69, 9.17) is 23.2 Å². The van der Waals surface area contributed by atoms with E-state index in [2.05, 4.69) is 10.6 Å². The Balaban J connectivity index is 2.05. The molecule has 1 fully saturated rings. The average Bonchev–Trinajstić information content (AvgIpc) is 2.75. The average molecular weight is 277 g/mol. The van der Waals surface area contributed by atoms with Crippen LogP contribution in [0.1, 0.15) is 0 Å². The van der Waals surface area contributed by atoms with Crippen molar-refractivity contribution < 1.29 is 4.79 Å². The summed E-state index contributed by atoms with van der Waals surface area (Å²) in [6, 6.07) is 4.86. The van der Waals surface area contributed by atoms with Crippen molar-refractivity contribution >= 4 is 46.6 Å². The van der Waals surface area contributed by atoms with Crippen molar-refractivity contribution in [1.82, 2.24) is 5.32 Å². The molecular formula is C10H10Cl2N2OS. The largest absolute Gasteiger partial charge is 0.323 e. The van der Waals surface area contributed by atoms with Crippen molar-refractivity contribution in [2.75, 3.05) is 16.9 Å². The standard InChI is InChI=1S/C10H10Cl2N2OS/c11-6-1-2-8(7(12)3-6)14-10(15)9-4-16-5-13-9/h1-3,9,13H,4-5H2,(H,14,15). The van der Waals surface area contributed by atoms with Crippen LogP contribution in [0.15, 0.2) is 18.2 Å². The van der Waals surface area contributed by atoms with Crippen LogP contribution < -0.4 is 10.6 Å². The maximum Gasteiger partial charge on any atom is 0.242 e. The number of amides is 1. The summed E-state index contributed by atoms with van der Waals surface area (Å²) < 4.78 is 0. The van der Waals surface area contributed by atoms with E-state index < -0.39 is 0 Å². The van der Waals surface area contributed by atoms with Crippen molar-refractivity contribution in [3.8, 4) is 0 Å². The third-order valence-electron chi connectivity index (χ3n) is 2.22. The van der Waals surface area contributed by atoms with Gasteiger partial charge < -0.3 is 5.32 Å². The second-order valence-electron chi connectivity index (χ2n) is 3.39. The minimum atomic E-state index is -0.142. The number of hydrogen-bond acceptors (Lipinski definition) is 3. The van der Waals surface area contributed by atoms with Gasteiger partial charge in [0.15, 0.2) is 0 Å². The fourth-order valence-electron chi connectivity index (χ4n) is 1.37. The zero-order valence-electron chi connectivity index (χ0n) is 8.30. The van der Waals surface area contributed by atoms with Crippen LogP contribution in [0, 0.1) is 0 Å². The summed E-state index contributed by atoms with van der Waals surface area (Å²) in [4.78, 5) is 11.8. The minimum Gasteiger partial charge on any atom is -0.323 e. The van der Waals surface area contributed by atoms with Crippen LogP contribution >= 0.6 is 35.0 Å². The van der Waals surface area contributed by atoms with Crippen LogP contribution in [0.4, 0.5) is 5.69 Å². The van der Waals surface area contributed by atoms with Gasteiger partial charge in [0.1, 0.15) is 0 Å². The van der Waals surface area contributed by atoms with Crippen molar-refractivity contribution in [2.45, 2.75) is 6.04 Å². The summed E-state index contributed by atoms with van der Waals surface area (Å²) in [6.45, 7) is 0. The second-order valence-corrected chi connectivity index (χ2v) is 5.26. The Morgan fingerprint density at radius 2 is 2.31 bits per heavy atom. The second kappa shape index (κ2) is 5.27. The van der Waals surface area contributed by atoms with Gasteiger partial charge in [-0.05, 0) is 18.2 Å². The molecular weight excluding hydrogens is 267 g/mol. The van der Waals surface area contributed by atoms with Crippen molar-refractivity contribution in [1.29, 1.82) is 0 Å². The van der Waals surface area contributed by atoms with E-state index >= 15 is 0 Å². The molecule has 1 atom stereocenters. The lowest BCUT2D eigenvalue weighted by atomic mass is 10.2. The Kier molecular flexibility index (Phi) is 3.97. The van der Waals surface area contributed by atoms with Crippen LogP contribution in [-0.2, 0) is 4.79 Å². The highest BCUT2D eigenvalue weighted by atomic mass is 35.5. The molecule has 0 aliphatic carbocycles. The first-order chi connectivity index (χ1) is 7.66. The lowest BCUT2D eigenvalue weighted by molar-refractivity contribution is -0.117. The molecule has 1 aromatic rings. The first-order valence-electron chi connectivity index (χ1n) is 4.74. The molecule has 1 aliphatic rings. The molecule has 3 nitrogen and oxygen atoms in total. The topological polar surface area (TPSA) is 41.1 Å². The minimum absolute atomic E-state index is 0.0609. The molecule has 0 aromatic heterocycles. The highest BCUT2D eigenvalue weighted by molar-refractivity contribution is 7.99. The summed E-state index contributed by atoms with van der Waals surface area (Å²) >= 11 is 13.4. The van der Waals surface area contributed by atoms with Gasteiger partial charge in [0.2, 0.25) is 5.91 Å². The molecule has 1 unspecified atom stereocenters. The normalized spacial score (nSPS) is 19.8. The number of halogens is 2. The van der Waals surface area contributed by atoms with Gasteiger partial charge in [0.25, 0.3) is 0 Å². The number of nitrogens with one attached hydrogen (secondary N) is 2. The van der Waals surface area contributed by atoms with Crippen LogP contribution in [0.25, 0.3) is 0 Å². The number of hydrogen-bond donors (Lipinski definition) is 2. The fraction of sp³-hybridized carbons (Fsp3) is 0.300. The summed E-state index contributed by atoms with van der Waals surface area (Å²) in [5.41, 5.74) is 0.592. The Morgan fingerprint density at radius 3 is 2.94 bits per heavy atom. The molecule has 1 aromatic carbocycles. The maximum absolute atomic E-state index is 11.8. The molecule has 2 rings (SSSR count). The molecule has 1 aliphatic heterocycles. The van der Waals surface area contributed by atoms with Gasteiger partial charge in [-0.25, -0.2) is 0 Å². The quantitative estimate of drug-likeness (QED) is 0.873. The molecule has 6 heteroatoms. The van der Waals surface area contributed by atoms with E-state index in [0.717, 1.165) is 11.6 Å². The van der Waals surface area contributed by atoms with E-state index in [0.29, 0.717) is 15.7 Å². The molecule has 0 saturated carbocycles. The summed E-state index contributed by atoms with van der Waals surface area (Å²) in [6.07, 6.45) is 0. The fourth-order valence-corrected chi connectivity index (χ4v) is 2.77. The molecule has 2 N–H and O–H groups in total. The molecule has 0 radical (unpaired) electrons. The van der Waals surface area contributed by atoms with Gasteiger partial charge in [0.05, 0.1) is 16.8 Å². The highest BCUT2D eigenvalue weighted by Gasteiger charge is 2.22. The zero-order valence-corrected chi connectivity index (χ0v) is 10.6. The number of rotatable bonds is 2. The van der Waals surface area contributed by atoms with E-state index in [9.17, 15) is 4.79 Å². The Labute approximate surface area is 108 Å². The third-order valence-corrected chi connectivity index (χ3v) is 3.71. The van der Waals surface area contributed by atoms with Crippen molar-refractivity contribution in [3.05, 3.63) is 28.2 Å². The first kappa shape index (κ1) is 12.0. The van der Waals surface area contributed by atoms with Gasteiger partial charge in [-0.1, -0.05) is 23.2 Å². The van der Waals surface area contributed by atoms with E-state index in [-0.39, 0.29) is 11.9 Å². The summed E-state index contributed by atoms with van der Waals surface area (Å²) in [5, 5.41) is 6.87. The van der Waals surface area contributed by atoms with Crippen LogP contribution in [-0.4, -0.2) is 23.6 Å². The molecule has 86 valence electrons. The van der Waals surface area contributed by atoms with E-state index in [1.165, 1.54) is 0 Å². The molecule has 1 heterocycles. The maximum atomic E-state index is 11.8. The van der Waals surface area contributed by atoms with Gasteiger partial charge in [-0.15, -0.1) is 11.8 Å². The molecule has 1 amide bonds. The molecule has 1 saturated heterocycles. The lowest BCUT2D eigenvalue weighted by Crippen LogP contribution is -2.37. The SMILES string of the molecule is O=C(Nc1ccc(Cl)cc1Cl)C1CSCN1. The van der Waals surface area contributed by atoms with Gasteiger partial charge in [-0.3, -0.25) is 10.1 Å². The van der Waals surface area contributed by atoms with Crippen LogP contribution in [0.5, 0.6) is 0 Å². The van der Waals surface area contributed by atoms with E-state index in [1.807, 2.05) is 0 Å². The number of carbonyl (C=O) groups excluding carboxylic acids is 1. The summed E-state index contributed by atoms with van der Waals surface area (Å²) in [7, 11) is 0. The monoisotopic (exact) mass is 276 g/mol. The Hall–Kier alpha value is -0.420. The third kappa shape index (κ3) is 2.83. The van der Waals surface area contributed by atoms with E-state index in [1.54, 1.807) is 30.0 Å². The predicted molar refractivity (Wildman–Crippen MR) is 69.3 cm³/mol. The van der Waals surface area contributed by atoms with Crippen LogP contribution in [0.3, 0.4) is 0 Å². The Morgan fingerprint density at radius 1 is 1.50 bits per heavy atom. The van der Waals surface area contributed by atoms with Crippen LogP contribution in [0.2, 0.25) is 10.0 Å². The van der Waals surface area contributed by atoms with Crippen molar-refractivity contribution in [3.63, 3.8) is 0 Å². The van der Waals surface area contributed by atoms with Gasteiger partial charge in [-0.2, -0.15) is 0 Å². The number of thioether (sulfide) groups is 1. The lowest BCUT2D eigenvalue weighted by Gasteiger charge is -2.11. The molecule has 0 bridgehead atoms. The summed E-state index contributed by atoms with van der Waals surface area (Å²) in [5.74, 6) is 1.54. The number of carbonyl (C=O) groups is 1. The van der Waals surface area contributed by atoms with Gasteiger partial charge >= 0.3 is 0 Å². The van der Waals surface area contributed by atoms with Gasteiger partial charge in [0, 0.05) is 16.7 Å². The number of benzene rings is 1. The smallest absolute Gasteiger partial charge is 0.242 e. The highest BCUT2D eigenvalue weighted by Crippen LogP contribution is 2.25. The first-order valence-corrected chi connectivity index (χ1v) is 6.65. The number of anilines is 1. The van der Waals surface area contributed by atoms with Crippen molar-refractivity contribution in [2.24, 2.45) is 0 Å². The zero-order chi connectivity index (χ0) is 11.5. The predicted octanol–water partition coefficient (Wildman–Crippen LogP) is 2.59. The molecule has 0 spiro atoms. The Bertz CT molecular complexity index is 408.